The molecule has 1 aliphatic rings. The number of ether oxygens (including phenoxy) is 1. The zero-order chi connectivity index (χ0) is 12.5. The van der Waals surface area contributed by atoms with Crippen LogP contribution in [0.3, 0.4) is 0 Å². The van der Waals surface area contributed by atoms with Crippen molar-refractivity contribution in [3.8, 4) is 5.75 Å². The van der Waals surface area contributed by atoms with E-state index >= 15 is 0 Å². The van der Waals surface area contributed by atoms with Crippen LogP contribution in [-0.2, 0) is 5.54 Å². The Morgan fingerprint density at radius 2 is 1.94 bits per heavy atom. The van der Waals surface area contributed by atoms with Gasteiger partial charge in [0, 0.05) is 35.9 Å². The van der Waals surface area contributed by atoms with E-state index in [2.05, 4.69) is 36.9 Å². The summed E-state index contributed by atoms with van der Waals surface area (Å²) >= 11 is 0. The SMILES string of the molecule is CCN(CC)c1ccc(C2(N)CC2)c(OC)c1. The van der Waals surface area contributed by atoms with Crippen molar-refractivity contribution in [2.24, 2.45) is 5.73 Å². The lowest BCUT2D eigenvalue weighted by Gasteiger charge is -2.23. The number of rotatable bonds is 5. The van der Waals surface area contributed by atoms with E-state index in [4.69, 9.17) is 10.5 Å². The second-order valence-corrected chi connectivity index (χ2v) is 4.71. The summed E-state index contributed by atoms with van der Waals surface area (Å²) in [6, 6.07) is 6.38. The zero-order valence-electron chi connectivity index (χ0n) is 11.0. The highest BCUT2D eigenvalue weighted by Crippen LogP contribution is 2.47. The Hall–Kier alpha value is -1.22. The number of anilines is 1. The monoisotopic (exact) mass is 234 g/mol. The third-order valence-electron chi connectivity index (χ3n) is 3.64. The van der Waals surface area contributed by atoms with Crippen molar-refractivity contribution in [2.45, 2.75) is 32.2 Å². The van der Waals surface area contributed by atoms with Crippen molar-refractivity contribution in [2.75, 3.05) is 25.1 Å². The highest BCUT2D eigenvalue weighted by atomic mass is 16.5. The summed E-state index contributed by atoms with van der Waals surface area (Å²) < 4.78 is 5.48. The molecule has 0 spiro atoms. The second kappa shape index (κ2) is 4.57. The van der Waals surface area contributed by atoms with E-state index in [1.54, 1.807) is 7.11 Å². The van der Waals surface area contributed by atoms with E-state index in [0.29, 0.717) is 0 Å². The molecule has 0 atom stereocenters. The van der Waals surface area contributed by atoms with Crippen LogP contribution in [0.1, 0.15) is 32.3 Å². The van der Waals surface area contributed by atoms with Gasteiger partial charge in [-0.05, 0) is 32.8 Å². The third kappa shape index (κ3) is 2.25. The molecule has 1 aromatic carbocycles. The van der Waals surface area contributed by atoms with Crippen LogP contribution in [0, 0.1) is 0 Å². The van der Waals surface area contributed by atoms with Gasteiger partial charge in [-0.25, -0.2) is 0 Å². The summed E-state index contributed by atoms with van der Waals surface area (Å²) in [7, 11) is 1.72. The second-order valence-electron chi connectivity index (χ2n) is 4.71. The molecule has 0 amide bonds. The van der Waals surface area contributed by atoms with E-state index in [1.165, 1.54) is 5.69 Å². The zero-order valence-corrected chi connectivity index (χ0v) is 11.0. The molecule has 94 valence electrons. The Bertz CT molecular complexity index is 395. The molecule has 0 aromatic heterocycles. The minimum atomic E-state index is -0.132. The molecule has 1 aromatic rings. The lowest BCUT2D eigenvalue weighted by molar-refractivity contribution is 0.404. The van der Waals surface area contributed by atoms with Gasteiger partial charge in [0.15, 0.2) is 0 Å². The van der Waals surface area contributed by atoms with Crippen molar-refractivity contribution in [3.63, 3.8) is 0 Å². The van der Waals surface area contributed by atoms with Crippen molar-refractivity contribution < 1.29 is 4.74 Å². The molecular weight excluding hydrogens is 212 g/mol. The van der Waals surface area contributed by atoms with E-state index in [9.17, 15) is 0 Å². The number of methoxy groups -OCH3 is 1. The summed E-state index contributed by atoms with van der Waals surface area (Å²) in [5.74, 6) is 0.925. The Morgan fingerprint density at radius 1 is 1.29 bits per heavy atom. The van der Waals surface area contributed by atoms with Crippen LogP contribution in [0.4, 0.5) is 5.69 Å². The van der Waals surface area contributed by atoms with Gasteiger partial charge < -0.3 is 15.4 Å². The summed E-state index contributed by atoms with van der Waals surface area (Å²) in [5, 5.41) is 0. The average molecular weight is 234 g/mol. The molecular formula is C14H22N2O. The van der Waals surface area contributed by atoms with Crippen LogP contribution in [-0.4, -0.2) is 20.2 Å². The van der Waals surface area contributed by atoms with Crippen LogP contribution < -0.4 is 15.4 Å². The first-order valence-corrected chi connectivity index (χ1v) is 6.37. The van der Waals surface area contributed by atoms with Crippen molar-refractivity contribution in [3.05, 3.63) is 23.8 Å². The minimum Gasteiger partial charge on any atom is -0.496 e. The summed E-state index contributed by atoms with van der Waals surface area (Å²) in [5.41, 5.74) is 8.47. The first kappa shape index (κ1) is 12.2. The molecule has 3 nitrogen and oxygen atoms in total. The van der Waals surface area contributed by atoms with Crippen molar-refractivity contribution >= 4 is 5.69 Å². The predicted octanol–water partition coefficient (Wildman–Crippen LogP) is 2.49. The molecule has 0 radical (unpaired) electrons. The number of nitrogens with zero attached hydrogens (tertiary/aromatic N) is 1. The van der Waals surface area contributed by atoms with Gasteiger partial charge in [-0.2, -0.15) is 0 Å². The van der Waals surface area contributed by atoms with E-state index < -0.39 is 0 Å². The van der Waals surface area contributed by atoms with Gasteiger partial charge in [0.2, 0.25) is 0 Å². The third-order valence-corrected chi connectivity index (χ3v) is 3.64. The Balaban J connectivity index is 2.34. The molecule has 0 aliphatic heterocycles. The lowest BCUT2D eigenvalue weighted by atomic mass is 10.0. The fourth-order valence-corrected chi connectivity index (χ4v) is 2.28. The van der Waals surface area contributed by atoms with Crippen LogP contribution in [0.15, 0.2) is 18.2 Å². The van der Waals surface area contributed by atoms with Crippen LogP contribution in [0.2, 0.25) is 0 Å². The van der Waals surface area contributed by atoms with Crippen LogP contribution in [0.5, 0.6) is 5.75 Å². The maximum Gasteiger partial charge on any atom is 0.125 e. The first-order valence-electron chi connectivity index (χ1n) is 6.37. The normalized spacial score (nSPS) is 16.7. The maximum atomic E-state index is 6.24. The molecule has 1 saturated carbocycles. The van der Waals surface area contributed by atoms with E-state index in [1.807, 2.05) is 0 Å². The van der Waals surface area contributed by atoms with Gasteiger partial charge in [0.05, 0.1) is 7.11 Å². The smallest absolute Gasteiger partial charge is 0.125 e. The minimum absolute atomic E-state index is 0.132. The van der Waals surface area contributed by atoms with Crippen LogP contribution >= 0.6 is 0 Å². The van der Waals surface area contributed by atoms with E-state index in [-0.39, 0.29) is 5.54 Å². The largest absolute Gasteiger partial charge is 0.496 e. The summed E-state index contributed by atoms with van der Waals surface area (Å²) in [4.78, 5) is 2.31. The maximum absolute atomic E-state index is 6.24. The van der Waals surface area contributed by atoms with Gasteiger partial charge in [-0.15, -0.1) is 0 Å². The standard InChI is InChI=1S/C14H22N2O/c1-4-16(5-2)11-6-7-12(13(10-11)17-3)14(15)8-9-14/h6-7,10H,4-5,8-9,15H2,1-3H3. The summed E-state index contributed by atoms with van der Waals surface area (Å²) in [6.07, 6.45) is 2.13. The number of benzene rings is 1. The molecule has 0 saturated heterocycles. The van der Waals surface area contributed by atoms with Crippen LogP contribution in [0.25, 0.3) is 0 Å². The van der Waals surface area contributed by atoms with Gasteiger partial charge in [-0.1, -0.05) is 6.07 Å². The van der Waals surface area contributed by atoms with E-state index in [0.717, 1.165) is 37.2 Å². The van der Waals surface area contributed by atoms with Gasteiger partial charge in [-0.3, -0.25) is 0 Å². The Labute approximate surface area is 104 Å². The average Bonchev–Trinajstić information content (AvgIpc) is 3.10. The highest BCUT2D eigenvalue weighted by molar-refractivity contribution is 5.56. The Morgan fingerprint density at radius 3 is 2.41 bits per heavy atom. The highest BCUT2D eigenvalue weighted by Gasteiger charge is 2.42. The van der Waals surface area contributed by atoms with Crippen molar-refractivity contribution in [1.82, 2.24) is 0 Å². The van der Waals surface area contributed by atoms with Gasteiger partial charge in [0.25, 0.3) is 0 Å². The molecule has 0 bridgehead atoms. The molecule has 2 rings (SSSR count). The van der Waals surface area contributed by atoms with Gasteiger partial charge in [0.1, 0.15) is 5.75 Å². The molecule has 0 unspecified atom stereocenters. The van der Waals surface area contributed by atoms with Crippen molar-refractivity contribution in [1.29, 1.82) is 0 Å². The predicted molar refractivity (Wildman–Crippen MR) is 71.7 cm³/mol. The Kier molecular flexibility index (Phi) is 3.29. The molecule has 1 fully saturated rings. The molecule has 2 N–H and O–H groups in total. The topological polar surface area (TPSA) is 38.5 Å². The fourth-order valence-electron chi connectivity index (χ4n) is 2.28. The fraction of sp³-hybridized carbons (Fsp3) is 0.571. The number of nitrogens with two attached hydrogens (primary N) is 1. The molecule has 17 heavy (non-hydrogen) atoms. The quantitative estimate of drug-likeness (QED) is 0.850. The number of hydrogen-bond acceptors (Lipinski definition) is 3. The molecule has 1 aliphatic carbocycles. The van der Waals surface area contributed by atoms with Gasteiger partial charge >= 0.3 is 0 Å². The number of hydrogen-bond donors (Lipinski definition) is 1. The lowest BCUT2D eigenvalue weighted by Crippen LogP contribution is -2.23. The summed E-state index contributed by atoms with van der Waals surface area (Å²) in [6.45, 7) is 6.34. The first-order chi connectivity index (χ1) is 8.14. The molecule has 3 heteroatoms. The molecule has 0 heterocycles.